The van der Waals surface area contributed by atoms with E-state index in [9.17, 15) is 0 Å². The second kappa shape index (κ2) is 6.48. The number of hydrogen-bond donors (Lipinski definition) is 1. The first-order valence-corrected chi connectivity index (χ1v) is 8.81. The molecule has 23 heavy (non-hydrogen) atoms. The number of fused-ring (bicyclic) bond motifs is 1. The normalized spacial score (nSPS) is 26.2. The molecule has 3 rings (SSSR count). The largest absolute Gasteiger partial charge is 0.490 e. The van der Waals surface area contributed by atoms with E-state index in [1.165, 1.54) is 35.6 Å². The Labute approximate surface area is 139 Å². The van der Waals surface area contributed by atoms with Gasteiger partial charge in [-0.3, -0.25) is 4.98 Å². The summed E-state index contributed by atoms with van der Waals surface area (Å²) in [7, 11) is 0. The van der Waals surface area contributed by atoms with Gasteiger partial charge in [0.05, 0.1) is 6.10 Å². The average molecular weight is 312 g/mol. The van der Waals surface area contributed by atoms with E-state index in [0.717, 1.165) is 18.6 Å². The first-order valence-electron chi connectivity index (χ1n) is 8.81. The summed E-state index contributed by atoms with van der Waals surface area (Å²) in [6.07, 6.45) is 9.76. The number of nitrogens with two attached hydrogens (primary N) is 1. The highest BCUT2D eigenvalue weighted by Crippen LogP contribution is 2.42. The predicted molar refractivity (Wildman–Crippen MR) is 95.7 cm³/mol. The van der Waals surface area contributed by atoms with Gasteiger partial charge in [-0.1, -0.05) is 6.92 Å². The molecule has 0 saturated heterocycles. The lowest BCUT2D eigenvalue weighted by Crippen LogP contribution is -2.43. The Kier molecular flexibility index (Phi) is 4.58. The van der Waals surface area contributed by atoms with Gasteiger partial charge in [0.2, 0.25) is 0 Å². The van der Waals surface area contributed by atoms with Gasteiger partial charge in [0.15, 0.2) is 0 Å². The molecule has 1 aliphatic rings. The predicted octanol–water partition coefficient (Wildman–Crippen LogP) is 4.61. The topological polar surface area (TPSA) is 48.1 Å². The van der Waals surface area contributed by atoms with Crippen molar-refractivity contribution in [1.29, 1.82) is 0 Å². The molecule has 3 heteroatoms. The van der Waals surface area contributed by atoms with Crippen molar-refractivity contribution in [2.24, 2.45) is 11.1 Å². The van der Waals surface area contributed by atoms with E-state index >= 15 is 0 Å². The first kappa shape index (κ1) is 16.3. The molecule has 1 heterocycles. The lowest BCUT2D eigenvalue weighted by molar-refractivity contribution is 0.0615. The van der Waals surface area contributed by atoms with Gasteiger partial charge in [0.1, 0.15) is 5.75 Å². The van der Waals surface area contributed by atoms with Crippen molar-refractivity contribution in [3.05, 3.63) is 36.2 Å². The highest BCUT2D eigenvalue weighted by atomic mass is 16.5. The molecule has 0 spiro atoms. The van der Waals surface area contributed by atoms with Crippen molar-refractivity contribution in [3.63, 3.8) is 0 Å². The van der Waals surface area contributed by atoms with Crippen LogP contribution in [0.1, 0.15) is 51.5 Å². The first-order chi connectivity index (χ1) is 11.0. The molecule has 1 atom stereocenters. The van der Waals surface area contributed by atoms with Crippen molar-refractivity contribution < 1.29 is 4.74 Å². The highest BCUT2D eigenvalue weighted by molar-refractivity contribution is 5.84. The lowest BCUT2D eigenvalue weighted by atomic mass is 9.67. The molecule has 1 aliphatic carbocycles. The third-order valence-corrected chi connectivity index (χ3v) is 5.83. The van der Waals surface area contributed by atoms with Crippen LogP contribution in [0.3, 0.4) is 0 Å². The Morgan fingerprint density at radius 3 is 2.70 bits per heavy atom. The number of benzene rings is 1. The summed E-state index contributed by atoms with van der Waals surface area (Å²) in [5.41, 5.74) is 7.74. The molecule has 124 valence electrons. The number of rotatable bonds is 4. The summed E-state index contributed by atoms with van der Waals surface area (Å²) in [6, 6.07) is 6.63. The summed E-state index contributed by atoms with van der Waals surface area (Å²) in [5.74, 6) is 1.01. The fraction of sp³-hybridized carbons (Fsp3) is 0.550. The maximum absolute atomic E-state index is 6.35. The molecule has 2 aromatic rings. The molecule has 0 bridgehead atoms. The molecule has 0 aliphatic heterocycles. The average Bonchev–Trinajstić information content (AvgIpc) is 2.56. The maximum atomic E-state index is 6.35. The van der Waals surface area contributed by atoms with Crippen LogP contribution in [-0.4, -0.2) is 17.1 Å². The summed E-state index contributed by atoms with van der Waals surface area (Å²) >= 11 is 0. The minimum Gasteiger partial charge on any atom is -0.490 e. The smallest absolute Gasteiger partial charge is 0.123 e. The number of aromatic nitrogens is 1. The zero-order chi connectivity index (χ0) is 16.4. The van der Waals surface area contributed by atoms with E-state index in [-0.39, 0.29) is 6.04 Å². The summed E-state index contributed by atoms with van der Waals surface area (Å²) in [6.45, 7) is 6.54. The van der Waals surface area contributed by atoms with Crippen LogP contribution in [0.5, 0.6) is 5.75 Å². The van der Waals surface area contributed by atoms with Crippen molar-refractivity contribution in [1.82, 2.24) is 4.98 Å². The van der Waals surface area contributed by atoms with Gasteiger partial charge < -0.3 is 10.5 Å². The zero-order valence-electron chi connectivity index (χ0n) is 14.5. The van der Waals surface area contributed by atoms with Gasteiger partial charge in [-0.25, -0.2) is 0 Å². The SMILES string of the molecule is CC[C@]1(C(C)N)CC[C@@H](Oc2cc3ccncc3cc2C)CC1. The van der Waals surface area contributed by atoms with Crippen molar-refractivity contribution in [3.8, 4) is 5.75 Å². The van der Waals surface area contributed by atoms with Crippen LogP contribution < -0.4 is 10.5 Å². The summed E-state index contributed by atoms with van der Waals surface area (Å²) in [4.78, 5) is 4.19. The van der Waals surface area contributed by atoms with Crippen molar-refractivity contribution >= 4 is 10.8 Å². The van der Waals surface area contributed by atoms with E-state index < -0.39 is 0 Å². The minimum absolute atomic E-state index is 0.267. The molecular formula is C20H28N2O. The quantitative estimate of drug-likeness (QED) is 0.897. The van der Waals surface area contributed by atoms with Gasteiger partial charge >= 0.3 is 0 Å². The van der Waals surface area contributed by atoms with E-state index in [1.807, 2.05) is 18.5 Å². The maximum Gasteiger partial charge on any atom is 0.123 e. The van der Waals surface area contributed by atoms with Gasteiger partial charge in [-0.2, -0.15) is 0 Å². The van der Waals surface area contributed by atoms with Gasteiger partial charge in [-0.15, -0.1) is 0 Å². The van der Waals surface area contributed by atoms with Crippen LogP contribution in [0, 0.1) is 12.3 Å². The number of aryl methyl sites for hydroxylation is 1. The van der Waals surface area contributed by atoms with Crippen LogP contribution in [-0.2, 0) is 0 Å². The third-order valence-electron chi connectivity index (χ3n) is 5.83. The molecule has 3 nitrogen and oxygen atoms in total. The van der Waals surface area contributed by atoms with Crippen molar-refractivity contribution in [2.75, 3.05) is 0 Å². The molecule has 1 aromatic heterocycles. The second-order valence-electron chi connectivity index (χ2n) is 7.16. The lowest BCUT2D eigenvalue weighted by Gasteiger charge is -2.42. The zero-order valence-corrected chi connectivity index (χ0v) is 14.5. The molecule has 1 unspecified atom stereocenters. The molecule has 1 saturated carbocycles. The standard InChI is InChI=1S/C20H28N2O/c1-4-20(15(3)21)8-5-18(6-9-20)23-19-12-16-7-10-22-13-17(16)11-14(19)2/h7,10-13,15,18H,4-6,8-9,21H2,1-3H3/t15?,18-,20+. The summed E-state index contributed by atoms with van der Waals surface area (Å²) < 4.78 is 6.35. The van der Waals surface area contributed by atoms with E-state index in [1.54, 1.807) is 0 Å². The van der Waals surface area contributed by atoms with Crippen LogP contribution in [0.2, 0.25) is 0 Å². The number of nitrogens with zero attached hydrogens (tertiary/aromatic N) is 1. The molecular weight excluding hydrogens is 284 g/mol. The Hall–Kier alpha value is -1.61. The third kappa shape index (κ3) is 3.20. The minimum atomic E-state index is 0.267. The Bertz CT molecular complexity index is 672. The number of hydrogen-bond acceptors (Lipinski definition) is 3. The Balaban J connectivity index is 1.73. The van der Waals surface area contributed by atoms with Gasteiger partial charge in [0, 0.05) is 23.8 Å². The Morgan fingerprint density at radius 1 is 1.30 bits per heavy atom. The van der Waals surface area contributed by atoms with E-state index in [4.69, 9.17) is 10.5 Å². The number of ether oxygens (including phenoxy) is 1. The van der Waals surface area contributed by atoms with Crippen molar-refractivity contribution in [2.45, 2.75) is 65.0 Å². The molecule has 2 N–H and O–H groups in total. The van der Waals surface area contributed by atoms with E-state index in [0.29, 0.717) is 11.5 Å². The molecule has 1 fully saturated rings. The fourth-order valence-electron chi connectivity index (χ4n) is 3.95. The monoisotopic (exact) mass is 312 g/mol. The summed E-state index contributed by atoms with van der Waals surface area (Å²) in [5, 5.41) is 2.36. The van der Waals surface area contributed by atoms with Gasteiger partial charge in [-0.05, 0) is 80.5 Å². The Morgan fingerprint density at radius 2 is 2.04 bits per heavy atom. The molecule has 0 amide bonds. The fourth-order valence-corrected chi connectivity index (χ4v) is 3.95. The van der Waals surface area contributed by atoms with Crippen LogP contribution in [0.4, 0.5) is 0 Å². The van der Waals surface area contributed by atoms with Crippen LogP contribution >= 0.6 is 0 Å². The number of pyridine rings is 1. The van der Waals surface area contributed by atoms with Crippen LogP contribution in [0.25, 0.3) is 10.8 Å². The van der Waals surface area contributed by atoms with Gasteiger partial charge in [0.25, 0.3) is 0 Å². The molecule has 1 aromatic carbocycles. The highest BCUT2D eigenvalue weighted by Gasteiger charge is 2.37. The molecule has 0 radical (unpaired) electrons. The van der Waals surface area contributed by atoms with Crippen LogP contribution in [0.15, 0.2) is 30.6 Å². The van der Waals surface area contributed by atoms with E-state index in [2.05, 4.69) is 37.9 Å². The second-order valence-corrected chi connectivity index (χ2v) is 7.16.